The number of nitrogens with zero attached hydrogens (tertiary/aromatic N) is 1. The molecule has 0 heterocycles. The lowest BCUT2D eigenvalue weighted by Crippen LogP contribution is -2.35. The smallest absolute Gasteiger partial charge is 0.0233 e. The fourth-order valence-corrected chi connectivity index (χ4v) is 3.16. The SMILES string of the molecule is CN(Cc1ccccc1)C(Cc1ccccc1)Cc1ccccc1. The molecule has 0 N–H and O–H groups in total. The molecule has 0 aliphatic rings. The predicted molar refractivity (Wildman–Crippen MR) is 102 cm³/mol. The Balaban J connectivity index is 1.75. The van der Waals surface area contributed by atoms with Gasteiger partial charge < -0.3 is 0 Å². The van der Waals surface area contributed by atoms with E-state index in [2.05, 4.69) is 103 Å². The highest BCUT2D eigenvalue weighted by Gasteiger charge is 2.16. The Bertz CT molecular complexity index is 665. The summed E-state index contributed by atoms with van der Waals surface area (Å²) in [4.78, 5) is 2.48. The van der Waals surface area contributed by atoms with Crippen molar-refractivity contribution >= 4 is 0 Å². The van der Waals surface area contributed by atoms with E-state index in [1.807, 2.05) is 0 Å². The summed E-state index contributed by atoms with van der Waals surface area (Å²) in [6, 6.07) is 32.8. The molecule has 3 rings (SSSR count). The number of rotatable bonds is 7. The number of hydrogen-bond acceptors (Lipinski definition) is 1. The van der Waals surface area contributed by atoms with E-state index in [-0.39, 0.29) is 0 Å². The van der Waals surface area contributed by atoms with Crippen LogP contribution >= 0.6 is 0 Å². The maximum Gasteiger partial charge on any atom is 0.0233 e. The van der Waals surface area contributed by atoms with E-state index in [0.29, 0.717) is 6.04 Å². The van der Waals surface area contributed by atoms with Crippen LogP contribution < -0.4 is 0 Å². The average molecular weight is 315 g/mol. The quantitative estimate of drug-likeness (QED) is 0.595. The summed E-state index contributed by atoms with van der Waals surface area (Å²) in [7, 11) is 2.24. The first-order valence-electron chi connectivity index (χ1n) is 8.63. The molecule has 0 saturated heterocycles. The van der Waals surface area contributed by atoms with E-state index in [1.54, 1.807) is 0 Å². The lowest BCUT2D eigenvalue weighted by molar-refractivity contribution is 0.230. The summed E-state index contributed by atoms with van der Waals surface area (Å²) in [6.45, 7) is 0.977. The molecule has 0 aromatic heterocycles. The Labute approximate surface area is 145 Å². The van der Waals surface area contributed by atoms with Crippen molar-refractivity contribution in [2.45, 2.75) is 25.4 Å². The number of benzene rings is 3. The highest BCUT2D eigenvalue weighted by molar-refractivity contribution is 5.20. The molecule has 0 spiro atoms. The first kappa shape index (κ1) is 16.5. The molecule has 0 fully saturated rings. The molecule has 0 unspecified atom stereocenters. The minimum absolute atomic E-state index is 0.481. The van der Waals surface area contributed by atoms with Gasteiger partial charge in [-0.3, -0.25) is 4.90 Å². The Morgan fingerprint density at radius 2 is 0.958 bits per heavy atom. The van der Waals surface area contributed by atoms with Crippen molar-refractivity contribution in [1.82, 2.24) is 4.90 Å². The molecule has 122 valence electrons. The molecule has 0 amide bonds. The largest absolute Gasteiger partial charge is 0.299 e. The minimum atomic E-state index is 0.481. The highest BCUT2D eigenvalue weighted by atomic mass is 15.1. The van der Waals surface area contributed by atoms with Crippen molar-refractivity contribution < 1.29 is 0 Å². The van der Waals surface area contributed by atoms with Crippen molar-refractivity contribution in [3.63, 3.8) is 0 Å². The van der Waals surface area contributed by atoms with Gasteiger partial charge in [0.2, 0.25) is 0 Å². The third-order valence-electron chi connectivity index (χ3n) is 4.53. The Hall–Kier alpha value is -2.38. The molecular formula is C23H25N. The maximum absolute atomic E-state index is 2.48. The van der Waals surface area contributed by atoms with Gasteiger partial charge in [-0.05, 0) is 36.6 Å². The zero-order chi connectivity index (χ0) is 16.6. The van der Waals surface area contributed by atoms with Crippen LogP contribution in [0.2, 0.25) is 0 Å². The van der Waals surface area contributed by atoms with Gasteiger partial charge in [0.1, 0.15) is 0 Å². The summed E-state index contributed by atoms with van der Waals surface area (Å²) in [5.41, 5.74) is 4.17. The Morgan fingerprint density at radius 3 is 1.38 bits per heavy atom. The summed E-state index contributed by atoms with van der Waals surface area (Å²) in [5.74, 6) is 0. The minimum Gasteiger partial charge on any atom is -0.299 e. The second-order valence-electron chi connectivity index (χ2n) is 6.43. The van der Waals surface area contributed by atoms with Gasteiger partial charge >= 0.3 is 0 Å². The third-order valence-corrected chi connectivity index (χ3v) is 4.53. The number of hydrogen-bond donors (Lipinski definition) is 0. The predicted octanol–water partition coefficient (Wildman–Crippen LogP) is 4.97. The van der Waals surface area contributed by atoms with Crippen LogP contribution in [0.3, 0.4) is 0 Å². The van der Waals surface area contributed by atoms with Gasteiger partial charge in [0, 0.05) is 12.6 Å². The van der Waals surface area contributed by atoms with E-state index in [1.165, 1.54) is 16.7 Å². The topological polar surface area (TPSA) is 3.24 Å². The van der Waals surface area contributed by atoms with Gasteiger partial charge in [-0.25, -0.2) is 0 Å². The summed E-state index contributed by atoms with van der Waals surface area (Å²) in [5, 5.41) is 0. The van der Waals surface area contributed by atoms with Crippen molar-refractivity contribution in [2.75, 3.05) is 7.05 Å². The molecule has 24 heavy (non-hydrogen) atoms. The van der Waals surface area contributed by atoms with Gasteiger partial charge in [-0.15, -0.1) is 0 Å². The normalized spacial score (nSPS) is 11.1. The summed E-state index contributed by atoms with van der Waals surface area (Å²) < 4.78 is 0. The van der Waals surface area contributed by atoms with Gasteiger partial charge in [-0.1, -0.05) is 91.0 Å². The van der Waals surface area contributed by atoms with Crippen LogP contribution in [0.25, 0.3) is 0 Å². The van der Waals surface area contributed by atoms with Crippen molar-refractivity contribution in [1.29, 1.82) is 0 Å². The van der Waals surface area contributed by atoms with Gasteiger partial charge in [0.15, 0.2) is 0 Å². The fourth-order valence-electron chi connectivity index (χ4n) is 3.16. The second-order valence-corrected chi connectivity index (χ2v) is 6.43. The van der Waals surface area contributed by atoms with Crippen LogP contribution in [0, 0.1) is 0 Å². The van der Waals surface area contributed by atoms with E-state index in [4.69, 9.17) is 0 Å². The van der Waals surface area contributed by atoms with Crippen molar-refractivity contribution in [3.8, 4) is 0 Å². The van der Waals surface area contributed by atoms with Crippen LogP contribution in [0.1, 0.15) is 16.7 Å². The van der Waals surface area contributed by atoms with Crippen LogP contribution in [-0.4, -0.2) is 18.0 Å². The summed E-state index contributed by atoms with van der Waals surface area (Å²) in [6.07, 6.45) is 2.14. The van der Waals surface area contributed by atoms with Gasteiger partial charge in [-0.2, -0.15) is 0 Å². The monoisotopic (exact) mass is 315 g/mol. The average Bonchev–Trinajstić information content (AvgIpc) is 2.64. The van der Waals surface area contributed by atoms with E-state index >= 15 is 0 Å². The third kappa shape index (κ3) is 4.81. The van der Waals surface area contributed by atoms with Crippen molar-refractivity contribution in [2.24, 2.45) is 0 Å². The van der Waals surface area contributed by atoms with Crippen molar-refractivity contribution in [3.05, 3.63) is 108 Å². The molecular weight excluding hydrogens is 290 g/mol. The molecule has 1 heteroatoms. The van der Waals surface area contributed by atoms with E-state index in [9.17, 15) is 0 Å². The molecule has 0 radical (unpaired) electrons. The van der Waals surface area contributed by atoms with Gasteiger partial charge in [0.05, 0.1) is 0 Å². The van der Waals surface area contributed by atoms with Crippen LogP contribution in [0.5, 0.6) is 0 Å². The maximum atomic E-state index is 2.48. The van der Waals surface area contributed by atoms with E-state index in [0.717, 1.165) is 19.4 Å². The molecule has 3 aromatic carbocycles. The molecule has 0 aliphatic carbocycles. The molecule has 0 saturated carbocycles. The van der Waals surface area contributed by atoms with E-state index < -0.39 is 0 Å². The van der Waals surface area contributed by atoms with Crippen LogP contribution in [0.4, 0.5) is 0 Å². The van der Waals surface area contributed by atoms with Gasteiger partial charge in [0.25, 0.3) is 0 Å². The molecule has 0 bridgehead atoms. The Morgan fingerprint density at radius 1 is 0.583 bits per heavy atom. The lowest BCUT2D eigenvalue weighted by Gasteiger charge is -2.28. The summed E-state index contributed by atoms with van der Waals surface area (Å²) >= 11 is 0. The van der Waals surface area contributed by atoms with Crippen LogP contribution in [0.15, 0.2) is 91.0 Å². The molecule has 3 aromatic rings. The zero-order valence-corrected chi connectivity index (χ0v) is 14.3. The standard InChI is InChI=1S/C23H25N/c1-24(19-22-15-9-4-10-16-22)23(17-20-11-5-2-6-12-20)18-21-13-7-3-8-14-21/h2-16,23H,17-19H2,1H3. The first-order chi connectivity index (χ1) is 11.8. The lowest BCUT2D eigenvalue weighted by atomic mass is 9.97. The second kappa shape index (κ2) is 8.47. The highest BCUT2D eigenvalue weighted by Crippen LogP contribution is 2.16. The zero-order valence-electron chi connectivity index (χ0n) is 14.3. The molecule has 1 nitrogen and oxygen atoms in total. The fraction of sp³-hybridized carbons (Fsp3) is 0.217. The number of likely N-dealkylation sites (N-methyl/N-ethyl adjacent to an activating group) is 1. The van der Waals surface area contributed by atoms with Crippen LogP contribution in [-0.2, 0) is 19.4 Å². The molecule has 0 aliphatic heterocycles. The molecule has 0 atom stereocenters. The first-order valence-corrected chi connectivity index (χ1v) is 8.63. The Kier molecular flexibility index (Phi) is 5.81.